The highest BCUT2D eigenvalue weighted by Gasteiger charge is 2.34. The molecule has 1 N–H and O–H groups in total. The molecule has 0 bridgehead atoms. The first-order chi connectivity index (χ1) is 14.7. The zero-order valence-electron chi connectivity index (χ0n) is 17.4. The summed E-state index contributed by atoms with van der Waals surface area (Å²) in [5, 5.41) is 2.82. The van der Waals surface area contributed by atoms with Crippen molar-refractivity contribution in [3.8, 4) is 11.5 Å². The molecule has 0 atom stereocenters. The fourth-order valence-corrected chi connectivity index (χ4v) is 3.15. The Morgan fingerprint density at radius 1 is 1.26 bits per heavy atom. The Morgan fingerprint density at radius 2 is 2.00 bits per heavy atom. The van der Waals surface area contributed by atoms with E-state index in [1.165, 1.54) is 32.4 Å². The number of carbonyl (C=O) groups is 3. The zero-order chi connectivity index (χ0) is 22.7. The van der Waals surface area contributed by atoms with Crippen molar-refractivity contribution in [2.24, 2.45) is 0 Å². The topological polar surface area (TPSA) is 107 Å². The highest BCUT2D eigenvalue weighted by molar-refractivity contribution is 6.32. The lowest BCUT2D eigenvalue weighted by Crippen LogP contribution is -2.30. The number of hydrogen-bond donors (Lipinski definition) is 1. The molecule has 0 radical (unpaired) electrons. The molecule has 1 aliphatic heterocycles. The number of benzene rings is 1. The van der Waals surface area contributed by atoms with Crippen molar-refractivity contribution in [1.29, 1.82) is 0 Å². The van der Waals surface area contributed by atoms with Crippen LogP contribution in [0.3, 0.4) is 0 Å². The summed E-state index contributed by atoms with van der Waals surface area (Å²) in [6.07, 6.45) is 1.37. The van der Waals surface area contributed by atoms with Crippen LogP contribution in [-0.4, -0.2) is 43.1 Å². The highest BCUT2D eigenvalue weighted by Crippen LogP contribution is 2.37. The standard InChI is InChI=1S/C21H21ClN2O7/c1-11(2)30-18-14(22)7-12(9-17(18)28-3)8-15-19(25)24(21(27)23-15)10-13-5-6-16(31-13)20(26)29-4/h5-9,11H,10H2,1-4H3,(H,23,27)/b15-8-. The number of hydrogen-bond acceptors (Lipinski definition) is 7. The van der Waals surface area contributed by atoms with Crippen molar-refractivity contribution in [3.63, 3.8) is 0 Å². The molecule has 3 rings (SSSR count). The summed E-state index contributed by atoms with van der Waals surface area (Å²) in [4.78, 5) is 37.5. The maximum atomic E-state index is 12.7. The quantitative estimate of drug-likeness (QED) is 0.391. The van der Waals surface area contributed by atoms with E-state index in [9.17, 15) is 14.4 Å². The van der Waals surface area contributed by atoms with Gasteiger partial charge in [0.25, 0.3) is 5.91 Å². The fraction of sp³-hybridized carbons (Fsp3) is 0.286. The van der Waals surface area contributed by atoms with Gasteiger partial charge in [-0.2, -0.15) is 0 Å². The third-order valence-corrected chi connectivity index (χ3v) is 4.52. The molecule has 0 spiro atoms. The van der Waals surface area contributed by atoms with Gasteiger partial charge in [-0.25, -0.2) is 9.59 Å². The van der Waals surface area contributed by atoms with Crippen LogP contribution in [0.15, 0.2) is 34.4 Å². The Morgan fingerprint density at radius 3 is 2.65 bits per heavy atom. The molecule has 3 amide bonds. The Kier molecular flexibility index (Phi) is 6.55. The number of methoxy groups -OCH3 is 2. The normalized spacial score (nSPS) is 14.9. The summed E-state index contributed by atoms with van der Waals surface area (Å²) in [5.41, 5.74) is 0.592. The first-order valence-corrected chi connectivity index (χ1v) is 9.67. The summed E-state index contributed by atoms with van der Waals surface area (Å²) in [6.45, 7) is 3.57. The number of nitrogens with one attached hydrogen (secondary N) is 1. The van der Waals surface area contributed by atoms with Gasteiger partial charge in [0.05, 0.1) is 31.9 Å². The van der Waals surface area contributed by atoms with Gasteiger partial charge < -0.3 is 23.9 Å². The molecule has 31 heavy (non-hydrogen) atoms. The lowest BCUT2D eigenvalue weighted by Gasteiger charge is -2.15. The van der Waals surface area contributed by atoms with Crippen molar-refractivity contribution in [2.45, 2.75) is 26.5 Å². The average Bonchev–Trinajstić information content (AvgIpc) is 3.29. The largest absolute Gasteiger partial charge is 0.493 e. The molecule has 1 fully saturated rings. The summed E-state index contributed by atoms with van der Waals surface area (Å²) in [5.74, 6) is -0.189. The molecule has 0 saturated carbocycles. The third-order valence-electron chi connectivity index (χ3n) is 4.24. The van der Waals surface area contributed by atoms with Gasteiger partial charge in [0.2, 0.25) is 5.76 Å². The summed E-state index contributed by atoms with van der Waals surface area (Å²) in [6, 6.07) is 5.53. The fourth-order valence-electron chi connectivity index (χ4n) is 2.88. The third kappa shape index (κ3) is 4.83. The van der Waals surface area contributed by atoms with Gasteiger partial charge in [-0.3, -0.25) is 9.69 Å². The number of halogens is 1. The number of rotatable bonds is 7. The molecule has 0 aliphatic carbocycles. The van der Waals surface area contributed by atoms with Gasteiger partial charge >= 0.3 is 12.0 Å². The maximum absolute atomic E-state index is 12.7. The van der Waals surface area contributed by atoms with Crippen molar-refractivity contribution in [2.75, 3.05) is 14.2 Å². The number of imide groups is 1. The number of urea groups is 1. The van der Waals surface area contributed by atoms with E-state index in [1.807, 2.05) is 13.8 Å². The van der Waals surface area contributed by atoms with Gasteiger partial charge in [-0.15, -0.1) is 0 Å². The second-order valence-corrected chi connectivity index (χ2v) is 7.24. The van der Waals surface area contributed by atoms with Crippen LogP contribution in [0.1, 0.15) is 35.7 Å². The Hall–Kier alpha value is -3.46. The second kappa shape index (κ2) is 9.13. The molecular weight excluding hydrogens is 428 g/mol. The number of ether oxygens (including phenoxy) is 3. The Labute approximate surface area is 183 Å². The number of furan rings is 1. The molecule has 10 heteroatoms. The number of esters is 1. The van der Waals surface area contributed by atoms with Crippen molar-refractivity contribution in [1.82, 2.24) is 10.2 Å². The van der Waals surface area contributed by atoms with E-state index >= 15 is 0 Å². The van der Waals surface area contributed by atoms with Crippen molar-refractivity contribution >= 4 is 35.6 Å². The first-order valence-electron chi connectivity index (χ1n) is 9.29. The monoisotopic (exact) mass is 448 g/mol. The lowest BCUT2D eigenvalue weighted by molar-refractivity contribution is -0.123. The molecular formula is C21H21ClN2O7. The highest BCUT2D eigenvalue weighted by atomic mass is 35.5. The van der Waals surface area contributed by atoms with Crippen LogP contribution in [0.4, 0.5) is 4.79 Å². The molecule has 1 aliphatic rings. The molecule has 1 aromatic carbocycles. The molecule has 1 aromatic heterocycles. The molecule has 2 aromatic rings. The lowest BCUT2D eigenvalue weighted by atomic mass is 10.1. The van der Waals surface area contributed by atoms with Crippen LogP contribution in [-0.2, 0) is 16.1 Å². The van der Waals surface area contributed by atoms with E-state index in [2.05, 4.69) is 10.1 Å². The molecule has 9 nitrogen and oxygen atoms in total. The van der Waals surface area contributed by atoms with Crippen molar-refractivity contribution in [3.05, 3.63) is 52.1 Å². The van der Waals surface area contributed by atoms with Gasteiger partial charge in [-0.05, 0) is 49.8 Å². The van der Waals surface area contributed by atoms with Gasteiger partial charge in [0, 0.05) is 0 Å². The van der Waals surface area contributed by atoms with Crippen LogP contribution in [0.5, 0.6) is 11.5 Å². The molecule has 0 unspecified atom stereocenters. The minimum Gasteiger partial charge on any atom is -0.493 e. The predicted octanol–water partition coefficient (Wildman–Crippen LogP) is 3.61. The van der Waals surface area contributed by atoms with Crippen molar-refractivity contribution < 1.29 is 33.0 Å². The van der Waals surface area contributed by atoms with Crippen LogP contribution >= 0.6 is 11.6 Å². The van der Waals surface area contributed by atoms with E-state index in [0.717, 1.165) is 4.90 Å². The molecule has 1 saturated heterocycles. The zero-order valence-corrected chi connectivity index (χ0v) is 18.1. The van der Waals surface area contributed by atoms with E-state index < -0.39 is 17.9 Å². The summed E-state index contributed by atoms with van der Waals surface area (Å²) < 4.78 is 20.9. The van der Waals surface area contributed by atoms with E-state index in [-0.39, 0.29) is 29.9 Å². The van der Waals surface area contributed by atoms with Crippen LogP contribution in [0, 0.1) is 0 Å². The smallest absolute Gasteiger partial charge is 0.373 e. The summed E-state index contributed by atoms with van der Waals surface area (Å²) in [7, 11) is 2.70. The number of amides is 3. The van der Waals surface area contributed by atoms with Gasteiger partial charge in [0.1, 0.15) is 11.5 Å². The number of nitrogens with zero attached hydrogens (tertiary/aromatic N) is 1. The van der Waals surface area contributed by atoms with E-state index in [0.29, 0.717) is 22.1 Å². The minimum atomic E-state index is -0.653. The molecule has 2 heterocycles. The first kappa shape index (κ1) is 22.2. The van der Waals surface area contributed by atoms with Crippen LogP contribution in [0.25, 0.3) is 6.08 Å². The predicted molar refractivity (Wildman–Crippen MR) is 111 cm³/mol. The van der Waals surface area contributed by atoms with Crippen LogP contribution in [0.2, 0.25) is 5.02 Å². The van der Waals surface area contributed by atoms with Crippen LogP contribution < -0.4 is 14.8 Å². The van der Waals surface area contributed by atoms with E-state index in [1.54, 1.807) is 12.1 Å². The number of carbonyl (C=O) groups excluding carboxylic acids is 3. The Bertz CT molecular complexity index is 1060. The minimum absolute atomic E-state index is 0.0224. The van der Waals surface area contributed by atoms with E-state index in [4.69, 9.17) is 25.5 Å². The summed E-state index contributed by atoms with van der Waals surface area (Å²) >= 11 is 6.32. The SMILES string of the molecule is COC(=O)c1ccc(CN2C(=O)N/C(=C\c3cc(Cl)c(OC(C)C)c(OC)c3)C2=O)o1. The van der Waals surface area contributed by atoms with Gasteiger partial charge in [-0.1, -0.05) is 11.6 Å². The van der Waals surface area contributed by atoms with Gasteiger partial charge in [0.15, 0.2) is 11.5 Å². The maximum Gasteiger partial charge on any atom is 0.373 e. The molecule has 164 valence electrons. The Balaban J connectivity index is 1.82. The average molecular weight is 449 g/mol. The second-order valence-electron chi connectivity index (χ2n) is 6.84.